The fourth-order valence-corrected chi connectivity index (χ4v) is 2.91. The SMILES string of the molecule is CC1(C2CC2)CNC(C)(C2CC2)CN1. The van der Waals surface area contributed by atoms with Crippen molar-refractivity contribution in [3.05, 3.63) is 0 Å². The van der Waals surface area contributed by atoms with Crippen LogP contribution in [-0.4, -0.2) is 24.2 Å². The summed E-state index contributed by atoms with van der Waals surface area (Å²) in [7, 11) is 0. The van der Waals surface area contributed by atoms with Crippen molar-refractivity contribution in [1.82, 2.24) is 10.6 Å². The van der Waals surface area contributed by atoms with E-state index in [0.717, 1.165) is 11.8 Å². The van der Waals surface area contributed by atoms with Crippen LogP contribution in [0.1, 0.15) is 39.5 Å². The van der Waals surface area contributed by atoms with Gasteiger partial charge < -0.3 is 10.6 Å². The number of piperazine rings is 1. The maximum Gasteiger partial charge on any atom is 0.0307 e. The van der Waals surface area contributed by atoms with E-state index >= 15 is 0 Å². The molecule has 3 rings (SSSR count). The summed E-state index contributed by atoms with van der Waals surface area (Å²) in [5.41, 5.74) is 0.794. The average molecular weight is 194 g/mol. The maximum atomic E-state index is 3.81. The topological polar surface area (TPSA) is 24.1 Å². The fourth-order valence-electron chi connectivity index (χ4n) is 2.91. The van der Waals surface area contributed by atoms with Crippen LogP contribution >= 0.6 is 0 Å². The molecule has 3 fully saturated rings. The summed E-state index contributed by atoms with van der Waals surface area (Å²) < 4.78 is 0. The van der Waals surface area contributed by atoms with Gasteiger partial charge in [0.05, 0.1) is 0 Å². The van der Waals surface area contributed by atoms with Crippen LogP contribution in [0.5, 0.6) is 0 Å². The molecule has 0 radical (unpaired) electrons. The Morgan fingerprint density at radius 1 is 0.786 bits per heavy atom. The number of rotatable bonds is 2. The van der Waals surface area contributed by atoms with Gasteiger partial charge in [0.2, 0.25) is 0 Å². The summed E-state index contributed by atoms with van der Waals surface area (Å²) in [5, 5.41) is 7.61. The molecular weight excluding hydrogens is 172 g/mol. The lowest BCUT2D eigenvalue weighted by Crippen LogP contribution is -2.68. The zero-order chi connectivity index (χ0) is 9.81. The van der Waals surface area contributed by atoms with E-state index in [1.54, 1.807) is 0 Å². The van der Waals surface area contributed by atoms with Gasteiger partial charge in [0.15, 0.2) is 0 Å². The molecule has 1 saturated heterocycles. The minimum absolute atomic E-state index is 0.397. The zero-order valence-electron chi connectivity index (χ0n) is 9.40. The Balaban J connectivity index is 1.65. The molecule has 2 heteroatoms. The molecule has 2 unspecified atom stereocenters. The van der Waals surface area contributed by atoms with Gasteiger partial charge >= 0.3 is 0 Å². The van der Waals surface area contributed by atoms with Crippen LogP contribution in [0.4, 0.5) is 0 Å². The summed E-state index contributed by atoms with van der Waals surface area (Å²) in [6.45, 7) is 7.13. The van der Waals surface area contributed by atoms with Gasteiger partial charge in [-0.2, -0.15) is 0 Å². The predicted octanol–water partition coefficient (Wildman–Crippen LogP) is 1.52. The van der Waals surface area contributed by atoms with Crippen molar-refractivity contribution < 1.29 is 0 Å². The summed E-state index contributed by atoms with van der Waals surface area (Å²) in [6, 6.07) is 0. The Morgan fingerprint density at radius 2 is 1.14 bits per heavy atom. The Morgan fingerprint density at radius 3 is 1.36 bits per heavy atom. The van der Waals surface area contributed by atoms with Crippen LogP contribution < -0.4 is 10.6 Å². The smallest absolute Gasteiger partial charge is 0.0307 e. The maximum absolute atomic E-state index is 3.81. The highest BCUT2D eigenvalue weighted by Gasteiger charge is 2.50. The van der Waals surface area contributed by atoms with Crippen LogP contribution in [0.3, 0.4) is 0 Å². The fraction of sp³-hybridized carbons (Fsp3) is 1.00. The van der Waals surface area contributed by atoms with E-state index in [9.17, 15) is 0 Å². The first-order valence-corrected chi connectivity index (χ1v) is 6.12. The second kappa shape index (κ2) is 2.73. The number of hydrogen-bond donors (Lipinski definition) is 2. The standard InChI is InChI=1S/C12H22N2/c1-11(9-3-4-9)7-14-12(2,8-13-11)10-5-6-10/h9-10,13-14H,3-8H2,1-2H3. The summed E-state index contributed by atoms with van der Waals surface area (Å²) >= 11 is 0. The number of hydrogen-bond acceptors (Lipinski definition) is 2. The molecule has 0 spiro atoms. The highest BCUT2D eigenvalue weighted by Crippen LogP contribution is 2.44. The third-order valence-electron chi connectivity index (χ3n) is 4.68. The van der Waals surface area contributed by atoms with Gasteiger partial charge in [0.1, 0.15) is 0 Å². The summed E-state index contributed by atoms with van der Waals surface area (Å²) in [4.78, 5) is 0. The molecule has 2 aliphatic carbocycles. The minimum atomic E-state index is 0.397. The van der Waals surface area contributed by atoms with Gasteiger partial charge in [0.25, 0.3) is 0 Å². The molecule has 0 amide bonds. The van der Waals surface area contributed by atoms with Gasteiger partial charge in [-0.1, -0.05) is 0 Å². The Kier molecular flexibility index (Phi) is 1.79. The third-order valence-corrected chi connectivity index (χ3v) is 4.68. The minimum Gasteiger partial charge on any atom is -0.308 e. The Bertz CT molecular complexity index is 207. The van der Waals surface area contributed by atoms with Gasteiger partial charge in [-0.25, -0.2) is 0 Å². The quantitative estimate of drug-likeness (QED) is 0.696. The van der Waals surface area contributed by atoms with Crippen LogP contribution in [-0.2, 0) is 0 Å². The normalized spacial score (nSPS) is 49.3. The lowest BCUT2D eigenvalue weighted by atomic mass is 9.85. The molecule has 0 aromatic rings. The van der Waals surface area contributed by atoms with Crippen LogP contribution in [0, 0.1) is 11.8 Å². The molecule has 14 heavy (non-hydrogen) atoms. The molecule has 2 N–H and O–H groups in total. The molecule has 3 aliphatic rings. The van der Waals surface area contributed by atoms with E-state index in [-0.39, 0.29) is 0 Å². The van der Waals surface area contributed by atoms with Crippen molar-refractivity contribution >= 4 is 0 Å². The molecule has 2 saturated carbocycles. The van der Waals surface area contributed by atoms with Crippen LogP contribution in [0.25, 0.3) is 0 Å². The third kappa shape index (κ3) is 1.40. The molecule has 1 aliphatic heterocycles. The van der Waals surface area contributed by atoms with Crippen LogP contribution in [0.15, 0.2) is 0 Å². The van der Waals surface area contributed by atoms with E-state index in [4.69, 9.17) is 0 Å². The van der Waals surface area contributed by atoms with Crippen molar-refractivity contribution in [2.24, 2.45) is 11.8 Å². The van der Waals surface area contributed by atoms with E-state index in [2.05, 4.69) is 24.5 Å². The molecule has 1 heterocycles. The van der Waals surface area contributed by atoms with E-state index in [1.807, 2.05) is 0 Å². The molecule has 0 aromatic carbocycles. The second-order valence-electron chi connectivity index (χ2n) is 6.09. The largest absolute Gasteiger partial charge is 0.308 e. The van der Waals surface area contributed by atoms with Crippen molar-refractivity contribution in [2.75, 3.05) is 13.1 Å². The summed E-state index contributed by atoms with van der Waals surface area (Å²) in [5.74, 6) is 1.89. The van der Waals surface area contributed by atoms with Crippen molar-refractivity contribution in [1.29, 1.82) is 0 Å². The average Bonchev–Trinajstić information content (AvgIpc) is 3.04. The van der Waals surface area contributed by atoms with E-state index in [0.29, 0.717) is 11.1 Å². The lowest BCUT2D eigenvalue weighted by molar-refractivity contribution is 0.155. The van der Waals surface area contributed by atoms with Crippen molar-refractivity contribution in [3.63, 3.8) is 0 Å². The van der Waals surface area contributed by atoms with Gasteiger partial charge in [0, 0.05) is 24.2 Å². The van der Waals surface area contributed by atoms with Gasteiger partial charge in [-0.05, 0) is 51.4 Å². The Labute approximate surface area is 86.8 Å². The summed E-state index contributed by atoms with van der Waals surface area (Å²) in [6.07, 6.45) is 5.74. The number of nitrogens with one attached hydrogen (secondary N) is 2. The van der Waals surface area contributed by atoms with Crippen molar-refractivity contribution in [2.45, 2.75) is 50.6 Å². The predicted molar refractivity (Wildman–Crippen MR) is 58.3 cm³/mol. The first-order chi connectivity index (χ1) is 6.62. The highest BCUT2D eigenvalue weighted by molar-refractivity contribution is 5.10. The van der Waals surface area contributed by atoms with Crippen molar-refractivity contribution in [3.8, 4) is 0 Å². The lowest BCUT2D eigenvalue weighted by Gasteiger charge is -2.46. The van der Waals surface area contributed by atoms with E-state index < -0.39 is 0 Å². The molecule has 2 atom stereocenters. The second-order valence-corrected chi connectivity index (χ2v) is 6.09. The Hall–Kier alpha value is -0.0800. The molecule has 0 bridgehead atoms. The monoisotopic (exact) mass is 194 g/mol. The first-order valence-electron chi connectivity index (χ1n) is 6.12. The molecule has 80 valence electrons. The molecular formula is C12H22N2. The molecule has 0 aromatic heterocycles. The van der Waals surface area contributed by atoms with Gasteiger partial charge in [-0.3, -0.25) is 0 Å². The zero-order valence-corrected chi connectivity index (χ0v) is 9.40. The molecule has 2 nitrogen and oxygen atoms in total. The highest BCUT2D eigenvalue weighted by atomic mass is 15.2. The van der Waals surface area contributed by atoms with Crippen LogP contribution in [0.2, 0.25) is 0 Å². The van der Waals surface area contributed by atoms with Gasteiger partial charge in [-0.15, -0.1) is 0 Å². The van der Waals surface area contributed by atoms with E-state index in [1.165, 1.54) is 38.8 Å². The first kappa shape index (κ1) is 9.17.